The van der Waals surface area contributed by atoms with Crippen molar-refractivity contribution >= 4 is 11.7 Å². The molecular weight excluding hydrogens is 377 g/mol. The van der Waals surface area contributed by atoms with Crippen molar-refractivity contribution in [2.45, 2.75) is 26.1 Å². The van der Waals surface area contributed by atoms with Gasteiger partial charge in [-0.15, -0.1) is 0 Å². The number of pyridine rings is 2. The average Bonchev–Trinajstić information content (AvgIpc) is 2.68. The molecule has 0 fully saturated rings. The molecule has 28 heavy (non-hydrogen) atoms. The van der Waals surface area contributed by atoms with E-state index in [4.69, 9.17) is 4.74 Å². The van der Waals surface area contributed by atoms with Crippen molar-refractivity contribution in [1.29, 1.82) is 0 Å². The Labute approximate surface area is 160 Å². The molecule has 7 nitrogen and oxygen atoms in total. The van der Waals surface area contributed by atoms with Crippen molar-refractivity contribution in [3.8, 4) is 5.75 Å². The summed E-state index contributed by atoms with van der Waals surface area (Å²) in [5, 5.41) is 5.70. The van der Waals surface area contributed by atoms with Crippen molar-refractivity contribution in [2.24, 2.45) is 0 Å². The number of halogens is 3. The molecule has 0 saturated carbocycles. The lowest BCUT2D eigenvalue weighted by Gasteiger charge is -2.10. The van der Waals surface area contributed by atoms with Crippen LogP contribution in [-0.2, 0) is 11.3 Å². The van der Waals surface area contributed by atoms with Gasteiger partial charge in [-0.2, -0.15) is 13.2 Å². The maximum atomic E-state index is 12.1. The van der Waals surface area contributed by atoms with Gasteiger partial charge in [0.25, 0.3) is 5.91 Å². The highest BCUT2D eigenvalue weighted by molar-refractivity contribution is 5.92. The Balaban J connectivity index is 1.83. The van der Waals surface area contributed by atoms with Gasteiger partial charge in [-0.1, -0.05) is 6.92 Å². The lowest BCUT2D eigenvalue weighted by Crippen LogP contribution is -2.24. The molecule has 0 bridgehead atoms. The molecule has 0 spiro atoms. The second-order valence-electron chi connectivity index (χ2n) is 5.74. The van der Waals surface area contributed by atoms with E-state index in [-0.39, 0.29) is 18.0 Å². The number of hydrogen-bond donors (Lipinski definition) is 2. The molecular formula is C18H21F3N4O3. The van der Waals surface area contributed by atoms with E-state index in [0.717, 1.165) is 18.2 Å². The smallest absolute Gasteiger partial charge is 0.422 e. The molecule has 0 atom stereocenters. The van der Waals surface area contributed by atoms with Gasteiger partial charge < -0.3 is 20.1 Å². The van der Waals surface area contributed by atoms with Crippen molar-refractivity contribution in [3.05, 3.63) is 47.9 Å². The highest BCUT2D eigenvalue weighted by atomic mass is 19.4. The zero-order chi connectivity index (χ0) is 20.4. The zero-order valence-electron chi connectivity index (χ0n) is 15.3. The van der Waals surface area contributed by atoms with Crippen molar-refractivity contribution in [2.75, 3.05) is 25.3 Å². The largest absolute Gasteiger partial charge is 0.483 e. The number of nitrogens with one attached hydrogen (secondary N) is 2. The first-order valence-electron chi connectivity index (χ1n) is 8.57. The molecule has 152 valence electrons. The van der Waals surface area contributed by atoms with Crippen LogP contribution < -0.4 is 15.4 Å². The van der Waals surface area contributed by atoms with Crippen LogP contribution >= 0.6 is 0 Å². The Morgan fingerprint density at radius 3 is 2.71 bits per heavy atom. The van der Waals surface area contributed by atoms with Gasteiger partial charge in [0, 0.05) is 19.3 Å². The Kier molecular flexibility index (Phi) is 8.00. The summed E-state index contributed by atoms with van der Waals surface area (Å²) < 4.78 is 46.2. The Bertz CT molecular complexity index is 754. The number of hydrogen-bond acceptors (Lipinski definition) is 6. The van der Waals surface area contributed by atoms with Gasteiger partial charge in [-0.3, -0.25) is 4.79 Å². The number of nitrogens with zero attached hydrogens (tertiary/aromatic N) is 2. The van der Waals surface area contributed by atoms with Crippen LogP contribution in [-0.4, -0.2) is 42.0 Å². The highest BCUT2D eigenvalue weighted by Gasteiger charge is 2.28. The lowest BCUT2D eigenvalue weighted by atomic mass is 10.2. The Morgan fingerprint density at radius 2 is 2.04 bits per heavy atom. The van der Waals surface area contributed by atoms with E-state index in [1.54, 1.807) is 18.3 Å². The summed E-state index contributed by atoms with van der Waals surface area (Å²) in [5.74, 6) is 0.0936. The predicted octanol–water partition coefficient (Wildman–Crippen LogP) is 3.14. The third-order valence-electron chi connectivity index (χ3n) is 3.35. The van der Waals surface area contributed by atoms with Crippen LogP contribution in [0.25, 0.3) is 0 Å². The van der Waals surface area contributed by atoms with Crippen LogP contribution in [0.15, 0.2) is 36.7 Å². The summed E-state index contributed by atoms with van der Waals surface area (Å²) in [6.45, 7) is 1.82. The summed E-state index contributed by atoms with van der Waals surface area (Å²) >= 11 is 0. The number of alkyl halides is 3. The summed E-state index contributed by atoms with van der Waals surface area (Å²) in [7, 11) is 0. The summed E-state index contributed by atoms with van der Waals surface area (Å²) in [4.78, 5) is 20.1. The molecule has 10 heteroatoms. The molecule has 1 amide bonds. The van der Waals surface area contributed by atoms with E-state index in [9.17, 15) is 18.0 Å². The molecule has 2 aromatic rings. The fraction of sp³-hybridized carbons (Fsp3) is 0.389. The van der Waals surface area contributed by atoms with Crippen LogP contribution in [0, 0.1) is 0 Å². The summed E-state index contributed by atoms with van der Waals surface area (Å²) in [6, 6.07) is 6.08. The number of ether oxygens (including phenoxy) is 2. The van der Waals surface area contributed by atoms with Gasteiger partial charge in [0.2, 0.25) is 0 Å². The second kappa shape index (κ2) is 10.5. The van der Waals surface area contributed by atoms with E-state index >= 15 is 0 Å². The standard InChI is InChI=1S/C18H21F3N4O3/c1-2-7-27-12-25-16-8-13(5-6-22-16)9-24-17(26)15-4-3-14(10-23-15)28-11-18(19,20)21/h3-6,8,10H,2,7,9,11-12H2,1H3,(H,22,25)(H,24,26). The van der Waals surface area contributed by atoms with E-state index in [1.807, 2.05) is 6.92 Å². The highest BCUT2D eigenvalue weighted by Crippen LogP contribution is 2.17. The van der Waals surface area contributed by atoms with Gasteiger partial charge in [0.05, 0.1) is 6.20 Å². The monoisotopic (exact) mass is 398 g/mol. The van der Waals surface area contributed by atoms with E-state index < -0.39 is 18.7 Å². The molecule has 2 heterocycles. The van der Waals surface area contributed by atoms with Crippen molar-refractivity contribution in [3.63, 3.8) is 0 Å². The molecule has 2 aromatic heterocycles. The molecule has 0 radical (unpaired) electrons. The van der Waals surface area contributed by atoms with Gasteiger partial charge in [0.1, 0.15) is 24.0 Å². The average molecular weight is 398 g/mol. The van der Waals surface area contributed by atoms with Crippen LogP contribution in [0.3, 0.4) is 0 Å². The Morgan fingerprint density at radius 1 is 1.21 bits per heavy atom. The van der Waals surface area contributed by atoms with E-state index in [2.05, 4.69) is 25.3 Å². The van der Waals surface area contributed by atoms with Crippen LogP contribution in [0.1, 0.15) is 29.4 Å². The molecule has 0 aliphatic rings. The van der Waals surface area contributed by atoms with Crippen LogP contribution in [0.4, 0.5) is 19.0 Å². The molecule has 0 aliphatic carbocycles. The number of carbonyl (C=O) groups is 1. The molecule has 0 aromatic carbocycles. The van der Waals surface area contributed by atoms with Crippen LogP contribution in [0.2, 0.25) is 0 Å². The van der Waals surface area contributed by atoms with E-state index in [1.165, 1.54) is 12.1 Å². The third kappa shape index (κ3) is 7.78. The van der Waals surface area contributed by atoms with Gasteiger partial charge >= 0.3 is 6.18 Å². The SMILES string of the molecule is CCCOCNc1cc(CNC(=O)c2ccc(OCC(F)(F)F)cn2)ccn1. The lowest BCUT2D eigenvalue weighted by molar-refractivity contribution is -0.153. The summed E-state index contributed by atoms with van der Waals surface area (Å²) in [5.41, 5.74) is 0.881. The quantitative estimate of drug-likeness (QED) is 0.472. The first-order chi connectivity index (χ1) is 13.4. The minimum atomic E-state index is -4.43. The number of carbonyl (C=O) groups excluding carboxylic acids is 1. The number of anilines is 1. The van der Waals surface area contributed by atoms with Gasteiger partial charge in [-0.25, -0.2) is 9.97 Å². The summed E-state index contributed by atoms with van der Waals surface area (Å²) in [6.07, 6.45) is -0.832. The predicted molar refractivity (Wildman–Crippen MR) is 95.9 cm³/mol. The first kappa shape index (κ1) is 21.4. The fourth-order valence-corrected chi connectivity index (χ4v) is 2.06. The molecule has 0 saturated heterocycles. The van der Waals surface area contributed by atoms with Gasteiger partial charge in [-0.05, 0) is 36.2 Å². The zero-order valence-corrected chi connectivity index (χ0v) is 15.3. The van der Waals surface area contributed by atoms with Crippen molar-refractivity contribution in [1.82, 2.24) is 15.3 Å². The maximum absolute atomic E-state index is 12.1. The molecule has 0 unspecified atom stereocenters. The van der Waals surface area contributed by atoms with E-state index in [0.29, 0.717) is 19.2 Å². The minimum absolute atomic E-state index is 0.0657. The second-order valence-corrected chi connectivity index (χ2v) is 5.74. The fourth-order valence-electron chi connectivity index (χ4n) is 2.06. The topological polar surface area (TPSA) is 85.4 Å². The molecule has 2 N–H and O–H groups in total. The maximum Gasteiger partial charge on any atom is 0.422 e. The van der Waals surface area contributed by atoms with Crippen LogP contribution in [0.5, 0.6) is 5.75 Å². The first-order valence-corrected chi connectivity index (χ1v) is 8.57. The number of amides is 1. The Hall–Kier alpha value is -2.88. The third-order valence-corrected chi connectivity index (χ3v) is 3.35. The van der Waals surface area contributed by atoms with Crippen molar-refractivity contribution < 1.29 is 27.4 Å². The number of aromatic nitrogens is 2. The molecule has 2 rings (SSSR count). The van der Waals surface area contributed by atoms with Gasteiger partial charge in [0.15, 0.2) is 6.61 Å². The molecule has 0 aliphatic heterocycles. The normalized spacial score (nSPS) is 11.1. The minimum Gasteiger partial charge on any atom is -0.483 e. The number of rotatable bonds is 10.